The number of nitrogen functional groups attached to an aromatic ring is 1. The Balaban J connectivity index is 0.816. The molecular formula is C41H66N5O19P. The van der Waals surface area contributed by atoms with Crippen LogP contribution in [-0.4, -0.2) is 204 Å². The van der Waals surface area contributed by atoms with Crippen LogP contribution in [0.4, 0.5) is 5.95 Å². The van der Waals surface area contributed by atoms with Gasteiger partial charge in [0.1, 0.15) is 18.3 Å². The van der Waals surface area contributed by atoms with Gasteiger partial charge in [-0.05, 0) is 5.56 Å². The number of ether oxygens (including phenoxy) is 12. The molecule has 66 heavy (non-hydrogen) atoms. The van der Waals surface area contributed by atoms with E-state index < -0.39 is 44.5 Å². The van der Waals surface area contributed by atoms with E-state index >= 15 is 0 Å². The molecule has 2 aromatic heterocycles. The molecule has 25 heteroatoms. The molecule has 1 aliphatic heterocycles. The Labute approximate surface area is 383 Å². The van der Waals surface area contributed by atoms with Gasteiger partial charge < -0.3 is 77.7 Å². The van der Waals surface area contributed by atoms with Gasteiger partial charge >= 0.3 is 7.82 Å². The molecule has 1 aliphatic rings. The molecule has 24 nitrogen and oxygen atoms in total. The summed E-state index contributed by atoms with van der Waals surface area (Å²) in [6.45, 7) is 11.3. The van der Waals surface area contributed by atoms with Crippen LogP contribution >= 0.6 is 7.82 Å². The number of hydrogen-bond acceptors (Lipinski definition) is 21. The van der Waals surface area contributed by atoms with Gasteiger partial charge in [0.05, 0.1) is 164 Å². The van der Waals surface area contributed by atoms with E-state index in [1.54, 1.807) is 6.08 Å². The fraction of sp³-hybridized carbons (Fsp3) is 0.683. The first kappa shape index (κ1) is 55.3. The van der Waals surface area contributed by atoms with Crippen molar-refractivity contribution in [1.82, 2.24) is 19.5 Å². The number of benzene rings is 1. The van der Waals surface area contributed by atoms with E-state index in [2.05, 4.69) is 21.5 Å². The van der Waals surface area contributed by atoms with Crippen molar-refractivity contribution < 1.29 is 85.6 Å². The van der Waals surface area contributed by atoms with E-state index in [9.17, 15) is 24.5 Å². The van der Waals surface area contributed by atoms with Crippen molar-refractivity contribution in [2.45, 2.75) is 37.3 Å². The zero-order chi connectivity index (χ0) is 47.1. The van der Waals surface area contributed by atoms with Crippen LogP contribution in [0.1, 0.15) is 11.8 Å². The molecule has 2 unspecified atom stereocenters. The highest BCUT2D eigenvalue weighted by atomic mass is 31.2. The Hall–Kier alpha value is -3.34. The second-order valence-corrected chi connectivity index (χ2v) is 15.5. The highest BCUT2D eigenvalue weighted by Crippen LogP contribution is 2.44. The normalized spacial score (nSPS) is 18.8. The van der Waals surface area contributed by atoms with Crippen LogP contribution in [0.25, 0.3) is 11.2 Å². The van der Waals surface area contributed by atoms with E-state index in [4.69, 9.17) is 71.6 Å². The lowest BCUT2D eigenvalue weighted by Gasteiger charge is -2.17. The number of nitrogens with two attached hydrogens (primary N) is 1. The Morgan fingerprint density at radius 2 is 1.20 bits per heavy atom. The number of fused-ring (bicyclic) bond motifs is 1. The quantitative estimate of drug-likeness (QED) is 0.0292. The predicted molar refractivity (Wildman–Crippen MR) is 234 cm³/mol. The van der Waals surface area contributed by atoms with Crippen LogP contribution in [0.3, 0.4) is 0 Å². The summed E-state index contributed by atoms with van der Waals surface area (Å²) >= 11 is 0. The monoisotopic (exact) mass is 963 g/mol. The van der Waals surface area contributed by atoms with Crippen molar-refractivity contribution >= 4 is 24.9 Å². The number of phosphoric ester groups is 1. The summed E-state index contributed by atoms with van der Waals surface area (Å²) in [6.07, 6.45) is -2.74. The summed E-state index contributed by atoms with van der Waals surface area (Å²) in [7, 11) is -4.56. The first-order chi connectivity index (χ1) is 32.2. The number of anilines is 1. The zero-order valence-corrected chi connectivity index (χ0v) is 38.0. The molecule has 3 heterocycles. The largest absolute Gasteiger partial charge is 0.472 e. The van der Waals surface area contributed by atoms with E-state index in [0.29, 0.717) is 119 Å². The molecular weight excluding hydrogens is 897 g/mol. The molecule has 0 aliphatic carbocycles. The number of aliphatic hydroxyl groups is 2. The molecule has 4 rings (SSSR count). The number of H-pyrrole nitrogens is 1. The Morgan fingerprint density at radius 1 is 0.727 bits per heavy atom. The molecule has 3 aromatic rings. The Kier molecular flexibility index (Phi) is 27.8. The van der Waals surface area contributed by atoms with Crippen molar-refractivity contribution in [2.24, 2.45) is 0 Å². The van der Waals surface area contributed by atoms with Gasteiger partial charge in [0.15, 0.2) is 17.4 Å². The van der Waals surface area contributed by atoms with Crippen molar-refractivity contribution in [1.29, 1.82) is 0 Å². The van der Waals surface area contributed by atoms with E-state index in [1.807, 2.05) is 30.3 Å². The van der Waals surface area contributed by atoms with Gasteiger partial charge in [-0.15, -0.1) is 6.58 Å². The third-order valence-corrected chi connectivity index (χ3v) is 10.1. The number of nitrogens with zero attached hydrogens (tertiary/aromatic N) is 3. The molecule has 0 amide bonds. The topological polar surface area (TPSA) is 297 Å². The molecule has 0 radical (unpaired) electrons. The van der Waals surface area contributed by atoms with Crippen LogP contribution in [0.15, 0.2) is 54.1 Å². The van der Waals surface area contributed by atoms with Crippen molar-refractivity contribution in [3.8, 4) is 0 Å². The minimum absolute atomic E-state index is 0.0128. The van der Waals surface area contributed by atoms with E-state index in [1.165, 1.54) is 10.9 Å². The summed E-state index contributed by atoms with van der Waals surface area (Å²) in [5, 5.41) is 21.0. The molecule has 6 atom stereocenters. The number of aromatic nitrogens is 4. The van der Waals surface area contributed by atoms with Gasteiger partial charge in [-0.3, -0.25) is 23.4 Å². The lowest BCUT2D eigenvalue weighted by atomic mass is 10.1. The molecule has 0 saturated carbocycles. The average molecular weight is 964 g/mol. The number of hydrogen-bond donors (Lipinski definition) is 5. The molecule has 1 aromatic carbocycles. The number of aliphatic hydroxyl groups excluding tert-OH is 2. The number of aromatic amines is 1. The average Bonchev–Trinajstić information content (AvgIpc) is 3.86. The van der Waals surface area contributed by atoms with Gasteiger partial charge in [-0.2, -0.15) is 4.98 Å². The van der Waals surface area contributed by atoms with Gasteiger partial charge in [-0.25, -0.2) is 9.55 Å². The first-order valence-corrected chi connectivity index (χ1v) is 23.1. The Bertz CT molecular complexity index is 1830. The van der Waals surface area contributed by atoms with Crippen LogP contribution in [0.2, 0.25) is 0 Å². The summed E-state index contributed by atoms with van der Waals surface area (Å²) in [5.41, 5.74) is 6.06. The van der Waals surface area contributed by atoms with E-state index in [-0.39, 0.29) is 49.6 Å². The lowest BCUT2D eigenvalue weighted by molar-refractivity contribution is -0.0521. The number of imidazole rings is 1. The summed E-state index contributed by atoms with van der Waals surface area (Å²) in [6, 6.07) is 9.96. The maximum Gasteiger partial charge on any atom is 0.472 e. The second-order valence-electron chi connectivity index (χ2n) is 14.1. The number of nitrogens with one attached hydrogen (secondary N) is 1. The fourth-order valence-electron chi connectivity index (χ4n) is 5.78. The summed E-state index contributed by atoms with van der Waals surface area (Å²) in [4.78, 5) is 32.3. The van der Waals surface area contributed by atoms with Gasteiger partial charge in [0.2, 0.25) is 5.95 Å². The van der Waals surface area contributed by atoms with Crippen LogP contribution in [0, 0.1) is 0 Å². The highest BCUT2D eigenvalue weighted by molar-refractivity contribution is 7.47. The lowest BCUT2D eigenvalue weighted by Crippen LogP contribution is -2.33. The molecule has 0 spiro atoms. The molecule has 1 fully saturated rings. The van der Waals surface area contributed by atoms with Crippen LogP contribution in [0.5, 0.6) is 0 Å². The molecule has 374 valence electrons. The molecule has 1 saturated heterocycles. The van der Waals surface area contributed by atoms with Crippen LogP contribution < -0.4 is 11.3 Å². The smallest absolute Gasteiger partial charge is 0.387 e. The maximum atomic E-state index is 12.3. The van der Waals surface area contributed by atoms with Crippen LogP contribution in [-0.2, 0) is 77.1 Å². The minimum Gasteiger partial charge on any atom is -0.387 e. The maximum absolute atomic E-state index is 12.3. The van der Waals surface area contributed by atoms with Crippen molar-refractivity contribution in [2.75, 3.05) is 151 Å². The van der Waals surface area contributed by atoms with Gasteiger partial charge in [-0.1, -0.05) is 36.4 Å². The number of phosphoric acid groups is 1. The first-order valence-electron chi connectivity index (χ1n) is 21.6. The van der Waals surface area contributed by atoms with Crippen molar-refractivity contribution in [3.63, 3.8) is 0 Å². The second kappa shape index (κ2) is 33.2. The fourth-order valence-corrected chi connectivity index (χ4v) is 6.50. The SMILES string of the molecule is C=CC(COCCOCCOCCOCCOCCOCCOCCOCCOCCOCCOP(=O)(O)OC[C@H]1O[C@@H](n2cnc3c(=O)[nH]c(N)nc32)[C@H](O)[C@@H]1O)OCc1ccccc1. The summed E-state index contributed by atoms with van der Waals surface area (Å²) < 4.78 is 89.7. The molecule has 6 N–H and O–H groups in total. The van der Waals surface area contributed by atoms with E-state index in [0.717, 1.165) is 5.56 Å². The Morgan fingerprint density at radius 3 is 1.68 bits per heavy atom. The minimum atomic E-state index is -4.56. The zero-order valence-electron chi connectivity index (χ0n) is 37.1. The highest BCUT2D eigenvalue weighted by Gasteiger charge is 2.45. The third kappa shape index (κ3) is 22.2. The third-order valence-electron chi connectivity index (χ3n) is 9.15. The standard InChI is InChI=1S/C41H66N5O19P/c1-2-33(62-28-32-6-4-3-5-7-32)29-61-25-24-59-21-20-57-17-16-55-13-12-53-9-8-52-10-11-54-14-15-56-18-19-58-22-23-60-26-27-63-66(50,51)64-30-34-36(47)37(48)40(65-34)46-31-43-35-38(46)44-41(42)45-39(35)49/h2-7,31,33-34,36-37,40,47-48H,1,8-30H2,(H,50,51)(H3,42,44,45,49)/t33?,34-,36-,37-,40-/m1/s1. The van der Waals surface area contributed by atoms with Gasteiger partial charge in [0.25, 0.3) is 5.56 Å². The number of rotatable bonds is 41. The van der Waals surface area contributed by atoms with Crippen molar-refractivity contribution in [3.05, 3.63) is 65.2 Å². The summed E-state index contributed by atoms with van der Waals surface area (Å²) in [5.74, 6) is -0.186. The van der Waals surface area contributed by atoms with Gasteiger partial charge in [0, 0.05) is 0 Å². The predicted octanol–water partition coefficient (Wildman–Crippen LogP) is 0.392. The molecule has 0 bridgehead atoms.